The van der Waals surface area contributed by atoms with E-state index in [0.717, 1.165) is 0 Å². The van der Waals surface area contributed by atoms with E-state index < -0.39 is 5.92 Å². The summed E-state index contributed by atoms with van der Waals surface area (Å²) in [5, 5.41) is 2.86. The second kappa shape index (κ2) is 7.19. The number of anilines is 2. The summed E-state index contributed by atoms with van der Waals surface area (Å²) in [4.78, 5) is 26.6. The third-order valence-corrected chi connectivity index (χ3v) is 4.69. The first-order chi connectivity index (χ1) is 13.1. The van der Waals surface area contributed by atoms with Crippen LogP contribution in [-0.4, -0.2) is 38.7 Å². The number of hydrogen-bond donors (Lipinski definition) is 1. The molecule has 0 aliphatic carbocycles. The Morgan fingerprint density at radius 1 is 1.11 bits per heavy atom. The lowest BCUT2D eigenvalue weighted by molar-refractivity contribution is -0.122. The highest BCUT2D eigenvalue weighted by Gasteiger charge is 2.35. The molecule has 2 aliphatic rings. The van der Waals surface area contributed by atoms with Crippen LogP contribution in [0.2, 0.25) is 0 Å². The Morgan fingerprint density at radius 2 is 1.85 bits per heavy atom. The smallest absolute Gasteiger partial charge is 0.229 e. The molecular formula is C20H20N2O5. The van der Waals surface area contributed by atoms with Gasteiger partial charge in [0, 0.05) is 30.4 Å². The van der Waals surface area contributed by atoms with Gasteiger partial charge in [0.25, 0.3) is 0 Å². The normalized spacial score (nSPS) is 18.3. The van der Waals surface area contributed by atoms with Crippen LogP contribution in [0.4, 0.5) is 11.4 Å². The van der Waals surface area contributed by atoms with E-state index in [0.29, 0.717) is 48.4 Å². The molecule has 0 aromatic heterocycles. The van der Waals surface area contributed by atoms with Crippen LogP contribution in [0.5, 0.6) is 17.2 Å². The van der Waals surface area contributed by atoms with E-state index in [1.54, 1.807) is 48.4 Å². The Labute approximate surface area is 156 Å². The van der Waals surface area contributed by atoms with Gasteiger partial charge in [-0.15, -0.1) is 0 Å². The molecule has 4 rings (SSSR count). The maximum Gasteiger partial charge on any atom is 0.229 e. The van der Waals surface area contributed by atoms with Crippen molar-refractivity contribution >= 4 is 23.2 Å². The number of nitrogens with zero attached hydrogens (tertiary/aromatic N) is 1. The third kappa shape index (κ3) is 3.53. The van der Waals surface area contributed by atoms with Crippen molar-refractivity contribution in [1.82, 2.24) is 0 Å². The molecule has 0 bridgehead atoms. The van der Waals surface area contributed by atoms with Gasteiger partial charge in [0.05, 0.1) is 13.0 Å². The van der Waals surface area contributed by atoms with Crippen LogP contribution < -0.4 is 24.4 Å². The molecule has 2 heterocycles. The Balaban J connectivity index is 1.44. The van der Waals surface area contributed by atoms with E-state index in [-0.39, 0.29) is 18.2 Å². The van der Waals surface area contributed by atoms with Crippen molar-refractivity contribution in [2.45, 2.75) is 6.42 Å². The van der Waals surface area contributed by atoms with Crippen LogP contribution in [0.15, 0.2) is 42.5 Å². The summed E-state index contributed by atoms with van der Waals surface area (Å²) in [5.74, 6) is 1.35. The average Bonchev–Trinajstić information content (AvgIpc) is 3.10. The number of hydrogen-bond acceptors (Lipinski definition) is 5. The number of carbonyl (C=O) groups is 2. The molecule has 27 heavy (non-hydrogen) atoms. The van der Waals surface area contributed by atoms with Gasteiger partial charge < -0.3 is 24.4 Å². The highest BCUT2D eigenvalue weighted by molar-refractivity contribution is 6.03. The lowest BCUT2D eigenvalue weighted by atomic mass is 10.1. The second-order valence-corrected chi connectivity index (χ2v) is 6.45. The fourth-order valence-corrected chi connectivity index (χ4v) is 3.25. The summed E-state index contributed by atoms with van der Waals surface area (Å²) in [6.07, 6.45) is 0.177. The Morgan fingerprint density at radius 3 is 2.59 bits per heavy atom. The molecule has 0 radical (unpaired) electrons. The van der Waals surface area contributed by atoms with Crippen molar-refractivity contribution in [3.63, 3.8) is 0 Å². The molecule has 1 atom stereocenters. The van der Waals surface area contributed by atoms with Crippen molar-refractivity contribution in [2.24, 2.45) is 5.92 Å². The zero-order valence-electron chi connectivity index (χ0n) is 14.9. The van der Waals surface area contributed by atoms with Gasteiger partial charge in [0.15, 0.2) is 11.5 Å². The summed E-state index contributed by atoms with van der Waals surface area (Å²) in [6.45, 7) is 1.33. The molecule has 7 nitrogen and oxygen atoms in total. The molecule has 0 saturated carbocycles. The summed E-state index contributed by atoms with van der Waals surface area (Å²) < 4.78 is 16.2. The van der Waals surface area contributed by atoms with Crippen molar-refractivity contribution in [3.05, 3.63) is 42.5 Å². The number of carbonyl (C=O) groups excluding carboxylic acids is 2. The molecule has 2 amide bonds. The molecule has 0 spiro atoms. The lowest BCUT2D eigenvalue weighted by Crippen LogP contribution is -2.28. The van der Waals surface area contributed by atoms with Crippen LogP contribution in [0.25, 0.3) is 0 Å². The second-order valence-electron chi connectivity index (χ2n) is 6.45. The summed E-state index contributed by atoms with van der Waals surface area (Å²) in [5.41, 5.74) is 1.38. The molecule has 7 heteroatoms. The zero-order chi connectivity index (χ0) is 18.8. The van der Waals surface area contributed by atoms with E-state index in [1.165, 1.54) is 0 Å². The third-order valence-electron chi connectivity index (χ3n) is 4.69. The first-order valence-electron chi connectivity index (χ1n) is 8.79. The van der Waals surface area contributed by atoms with Gasteiger partial charge in [-0.05, 0) is 36.4 Å². The number of ether oxygens (including phenoxy) is 3. The topological polar surface area (TPSA) is 77.1 Å². The average molecular weight is 368 g/mol. The number of benzene rings is 2. The summed E-state index contributed by atoms with van der Waals surface area (Å²) in [7, 11) is 1.59. The lowest BCUT2D eigenvalue weighted by Gasteiger charge is -2.22. The number of methoxy groups -OCH3 is 1. The van der Waals surface area contributed by atoms with Crippen molar-refractivity contribution in [2.75, 3.05) is 37.1 Å². The summed E-state index contributed by atoms with van der Waals surface area (Å²) in [6, 6.07) is 12.5. The van der Waals surface area contributed by atoms with Gasteiger partial charge >= 0.3 is 0 Å². The fraction of sp³-hybridized carbons (Fsp3) is 0.300. The monoisotopic (exact) mass is 368 g/mol. The first kappa shape index (κ1) is 17.2. The van der Waals surface area contributed by atoms with Crippen LogP contribution in [0.1, 0.15) is 6.42 Å². The van der Waals surface area contributed by atoms with Gasteiger partial charge in [-0.2, -0.15) is 0 Å². The predicted molar refractivity (Wildman–Crippen MR) is 99.5 cm³/mol. The minimum Gasteiger partial charge on any atom is -0.497 e. The quantitative estimate of drug-likeness (QED) is 0.897. The standard InChI is InChI=1S/C20H20N2O5/c1-25-16-5-2-14(3-6-16)21-20(24)13-10-19(23)22(12-13)15-4-7-17-18(11-15)27-9-8-26-17/h2-7,11,13H,8-10,12H2,1H3,(H,21,24)/t13-/m1/s1. The van der Waals surface area contributed by atoms with Crippen LogP contribution in [0, 0.1) is 5.92 Å². The maximum absolute atomic E-state index is 12.6. The van der Waals surface area contributed by atoms with Crippen molar-refractivity contribution in [1.29, 1.82) is 0 Å². The van der Waals surface area contributed by atoms with Crippen molar-refractivity contribution in [3.8, 4) is 17.2 Å². The van der Waals surface area contributed by atoms with Gasteiger partial charge in [-0.1, -0.05) is 0 Å². The zero-order valence-corrected chi connectivity index (χ0v) is 14.9. The number of fused-ring (bicyclic) bond motifs is 1. The molecule has 1 fully saturated rings. The van der Waals surface area contributed by atoms with Gasteiger partial charge in [0.2, 0.25) is 11.8 Å². The van der Waals surface area contributed by atoms with E-state index in [2.05, 4.69) is 5.32 Å². The first-order valence-corrected chi connectivity index (χ1v) is 8.79. The molecule has 2 aromatic carbocycles. The molecule has 2 aromatic rings. The SMILES string of the molecule is COc1ccc(NC(=O)[C@@H]2CC(=O)N(c3ccc4c(c3)OCCO4)C2)cc1. The van der Waals surface area contributed by atoms with Gasteiger partial charge in [0.1, 0.15) is 19.0 Å². The molecule has 140 valence electrons. The van der Waals surface area contributed by atoms with E-state index in [9.17, 15) is 9.59 Å². The van der Waals surface area contributed by atoms with Crippen LogP contribution in [-0.2, 0) is 9.59 Å². The highest BCUT2D eigenvalue weighted by atomic mass is 16.6. The number of rotatable bonds is 4. The highest BCUT2D eigenvalue weighted by Crippen LogP contribution is 2.36. The fourth-order valence-electron chi connectivity index (χ4n) is 3.25. The van der Waals surface area contributed by atoms with E-state index in [1.807, 2.05) is 6.07 Å². The predicted octanol–water partition coefficient (Wildman–Crippen LogP) is 2.46. The minimum atomic E-state index is -0.409. The van der Waals surface area contributed by atoms with E-state index >= 15 is 0 Å². The summed E-state index contributed by atoms with van der Waals surface area (Å²) >= 11 is 0. The minimum absolute atomic E-state index is 0.0819. The molecule has 1 saturated heterocycles. The van der Waals surface area contributed by atoms with Crippen LogP contribution in [0.3, 0.4) is 0 Å². The Kier molecular flexibility index (Phi) is 4.58. The molecule has 2 aliphatic heterocycles. The number of amides is 2. The molecular weight excluding hydrogens is 348 g/mol. The molecule has 0 unspecified atom stereocenters. The molecule has 1 N–H and O–H groups in total. The van der Waals surface area contributed by atoms with E-state index in [4.69, 9.17) is 14.2 Å². The largest absolute Gasteiger partial charge is 0.497 e. The van der Waals surface area contributed by atoms with Gasteiger partial charge in [-0.3, -0.25) is 9.59 Å². The Hall–Kier alpha value is -3.22. The maximum atomic E-state index is 12.6. The Bertz CT molecular complexity index is 865. The van der Waals surface area contributed by atoms with Crippen LogP contribution >= 0.6 is 0 Å². The van der Waals surface area contributed by atoms with Gasteiger partial charge in [-0.25, -0.2) is 0 Å². The van der Waals surface area contributed by atoms with Crippen molar-refractivity contribution < 1.29 is 23.8 Å². The number of nitrogens with one attached hydrogen (secondary N) is 1.